The second-order valence-electron chi connectivity index (χ2n) is 7.71. The first-order valence-electron chi connectivity index (χ1n) is 10.2. The number of hydrogen-bond acceptors (Lipinski definition) is 4. The van der Waals surface area contributed by atoms with Crippen LogP contribution in [0.2, 0.25) is 10.0 Å². The normalized spacial score (nSPS) is 15.7. The number of rotatable bonds is 5. The maximum absolute atomic E-state index is 12.6. The molecule has 1 saturated heterocycles. The number of aryl methyl sites for hydroxylation is 2. The highest BCUT2D eigenvalue weighted by Crippen LogP contribution is 2.34. The summed E-state index contributed by atoms with van der Waals surface area (Å²) in [6, 6.07) is 13.3. The van der Waals surface area contributed by atoms with Crippen molar-refractivity contribution in [1.82, 2.24) is 5.32 Å². The summed E-state index contributed by atoms with van der Waals surface area (Å²) < 4.78 is 9.00. The van der Waals surface area contributed by atoms with Gasteiger partial charge in [0.05, 0.1) is 17.7 Å². The minimum absolute atomic E-state index is 0.165. The predicted molar refractivity (Wildman–Crippen MR) is 167 cm³/mol. The number of ether oxygens (including phenoxy) is 1. The van der Waals surface area contributed by atoms with Gasteiger partial charge in [0, 0.05) is 20.1 Å². The van der Waals surface area contributed by atoms with Gasteiger partial charge in [0.1, 0.15) is 12.4 Å². The van der Waals surface area contributed by atoms with Gasteiger partial charge in [-0.2, -0.15) is 0 Å². The molecule has 1 fully saturated rings. The van der Waals surface area contributed by atoms with Crippen molar-refractivity contribution in [2.75, 3.05) is 0 Å². The highest BCUT2D eigenvalue weighted by Gasteiger charge is 2.24. The minimum Gasteiger partial charge on any atom is -0.487 e. The number of amides is 1. The molecular formula is C25H17BrCl2I2N2O2S. The fraction of sp³-hybridized carbons (Fsp3) is 0.120. The van der Waals surface area contributed by atoms with E-state index in [1.807, 2.05) is 50.3 Å². The first kappa shape index (κ1) is 27.3. The van der Waals surface area contributed by atoms with Crippen LogP contribution in [0.1, 0.15) is 22.3 Å². The number of thioether (sulfide) groups is 1. The summed E-state index contributed by atoms with van der Waals surface area (Å²) in [5, 5.41) is 4.58. The third-order valence-corrected chi connectivity index (χ3v) is 9.36. The van der Waals surface area contributed by atoms with Gasteiger partial charge in [-0.05, 0) is 130 Å². The predicted octanol–water partition coefficient (Wildman–Crippen LogP) is 9.05. The highest BCUT2D eigenvalue weighted by atomic mass is 127. The molecule has 0 aromatic heterocycles. The summed E-state index contributed by atoms with van der Waals surface area (Å²) in [7, 11) is 0. The van der Waals surface area contributed by atoms with Crippen LogP contribution in [-0.4, -0.2) is 11.1 Å². The van der Waals surface area contributed by atoms with Crippen LogP contribution in [-0.2, 0) is 11.4 Å². The number of halogens is 5. The van der Waals surface area contributed by atoms with E-state index in [9.17, 15) is 4.79 Å². The number of benzene rings is 3. The molecule has 0 aliphatic carbocycles. The minimum atomic E-state index is -0.165. The lowest BCUT2D eigenvalue weighted by Gasteiger charge is -2.12. The lowest BCUT2D eigenvalue weighted by Crippen LogP contribution is -2.19. The van der Waals surface area contributed by atoms with Crippen molar-refractivity contribution in [1.29, 1.82) is 0 Å². The van der Waals surface area contributed by atoms with E-state index in [0.717, 1.165) is 45.3 Å². The maximum Gasteiger partial charge on any atom is 0.264 e. The molecule has 3 aromatic carbocycles. The number of carbonyl (C=O) groups is 1. The Morgan fingerprint density at radius 1 is 1.09 bits per heavy atom. The zero-order valence-electron chi connectivity index (χ0n) is 18.4. The molecule has 1 aliphatic heterocycles. The smallest absolute Gasteiger partial charge is 0.264 e. The molecule has 0 bridgehead atoms. The van der Waals surface area contributed by atoms with E-state index in [1.165, 1.54) is 11.8 Å². The summed E-state index contributed by atoms with van der Waals surface area (Å²) in [5.41, 5.74) is 4.76. The van der Waals surface area contributed by atoms with E-state index < -0.39 is 0 Å². The topological polar surface area (TPSA) is 50.7 Å². The van der Waals surface area contributed by atoms with Crippen molar-refractivity contribution < 1.29 is 9.53 Å². The average Bonchev–Trinajstić information content (AvgIpc) is 3.11. The highest BCUT2D eigenvalue weighted by molar-refractivity contribution is 14.1. The molecule has 0 spiro atoms. The van der Waals surface area contributed by atoms with Gasteiger partial charge in [-0.3, -0.25) is 4.79 Å². The number of hydrogen-bond donors (Lipinski definition) is 1. The third kappa shape index (κ3) is 6.75. The van der Waals surface area contributed by atoms with Gasteiger partial charge in [-0.15, -0.1) is 0 Å². The Hall–Kier alpha value is -0.790. The molecule has 4 nitrogen and oxygen atoms in total. The van der Waals surface area contributed by atoms with E-state index >= 15 is 0 Å². The van der Waals surface area contributed by atoms with Crippen LogP contribution in [0, 0.1) is 21.0 Å². The van der Waals surface area contributed by atoms with Gasteiger partial charge in [-0.1, -0.05) is 45.2 Å². The SMILES string of the molecule is Cc1cc(N=C2NC(=O)/C(=C/c3cc(I)c(OCc4ccc(Cl)cc4Cl)c(I)c3)S2)cc(C)c1Br. The Bertz CT molecular complexity index is 1370. The Morgan fingerprint density at radius 2 is 1.74 bits per heavy atom. The van der Waals surface area contributed by atoms with Crippen LogP contribution in [0.5, 0.6) is 5.75 Å². The fourth-order valence-corrected chi connectivity index (χ4v) is 6.99. The standard InChI is InChI=1S/C25H17BrCl2I2N2O2S/c1-12-5-17(6-13(2)22(12)26)31-25-32-24(33)21(35-25)9-14-7-19(29)23(20(30)8-14)34-11-15-3-4-16(27)10-18(15)28/h3-10H,11H2,1-2H3,(H,31,32,33)/b21-9-. The molecule has 1 N–H and O–H groups in total. The quantitative estimate of drug-likeness (QED) is 0.207. The van der Waals surface area contributed by atoms with Crippen molar-refractivity contribution in [2.24, 2.45) is 4.99 Å². The second-order valence-corrected chi connectivity index (χ2v) is 12.7. The van der Waals surface area contributed by atoms with Crippen molar-refractivity contribution in [3.05, 3.63) is 91.3 Å². The number of carbonyl (C=O) groups excluding carboxylic acids is 1. The van der Waals surface area contributed by atoms with Crippen LogP contribution < -0.4 is 10.1 Å². The van der Waals surface area contributed by atoms with Crippen molar-refractivity contribution >= 4 is 119 Å². The molecule has 180 valence electrons. The molecule has 1 heterocycles. The van der Waals surface area contributed by atoms with E-state index in [1.54, 1.807) is 12.1 Å². The Morgan fingerprint density at radius 3 is 2.37 bits per heavy atom. The first-order valence-corrected chi connectivity index (χ1v) is 14.7. The molecule has 1 amide bonds. The van der Waals surface area contributed by atoms with E-state index in [4.69, 9.17) is 27.9 Å². The molecule has 3 aromatic rings. The first-order chi connectivity index (χ1) is 16.6. The van der Waals surface area contributed by atoms with Crippen molar-refractivity contribution in [3.8, 4) is 5.75 Å². The summed E-state index contributed by atoms with van der Waals surface area (Å²) >= 11 is 21.6. The molecule has 0 unspecified atom stereocenters. The van der Waals surface area contributed by atoms with Crippen LogP contribution in [0.4, 0.5) is 5.69 Å². The molecule has 0 atom stereocenters. The summed E-state index contributed by atoms with van der Waals surface area (Å²) in [6.45, 7) is 4.37. The lowest BCUT2D eigenvalue weighted by atomic mass is 10.1. The molecule has 35 heavy (non-hydrogen) atoms. The van der Waals surface area contributed by atoms with Gasteiger partial charge < -0.3 is 10.1 Å². The van der Waals surface area contributed by atoms with Crippen LogP contribution >= 0.6 is 96.1 Å². The number of aliphatic imine (C=N–C) groups is 1. The molecule has 0 saturated carbocycles. The largest absolute Gasteiger partial charge is 0.487 e. The number of amidine groups is 1. The summed E-state index contributed by atoms with van der Waals surface area (Å²) in [5.74, 6) is 0.605. The lowest BCUT2D eigenvalue weighted by molar-refractivity contribution is -0.115. The number of nitrogens with zero attached hydrogens (tertiary/aromatic N) is 1. The van der Waals surface area contributed by atoms with E-state index in [-0.39, 0.29) is 5.91 Å². The zero-order chi connectivity index (χ0) is 25.3. The molecule has 10 heteroatoms. The van der Waals surface area contributed by atoms with E-state index in [2.05, 4.69) is 71.4 Å². The zero-order valence-corrected chi connectivity index (χ0v) is 26.6. The fourth-order valence-electron chi connectivity index (χ4n) is 3.33. The molecule has 0 radical (unpaired) electrons. The average molecular weight is 814 g/mol. The summed E-state index contributed by atoms with van der Waals surface area (Å²) in [6.07, 6.45) is 1.87. The Balaban J connectivity index is 1.52. The van der Waals surface area contributed by atoms with E-state index in [0.29, 0.717) is 26.7 Å². The van der Waals surface area contributed by atoms with Gasteiger partial charge in [0.15, 0.2) is 5.17 Å². The van der Waals surface area contributed by atoms with Gasteiger partial charge in [-0.25, -0.2) is 4.99 Å². The molecule has 4 rings (SSSR count). The summed E-state index contributed by atoms with van der Waals surface area (Å²) in [4.78, 5) is 17.8. The molecular weight excluding hydrogens is 797 g/mol. The van der Waals surface area contributed by atoms with Crippen molar-refractivity contribution in [2.45, 2.75) is 20.5 Å². The van der Waals surface area contributed by atoms with Crippen LogP contribution in [0.25, 0.3) is 6.08 Å². The third-order valence-electron chi connectivity index (χ3n) is 5.01. The van der Waals surface area contributed by atoms with Crippen molar-refractivity contribution in [3.63, 3.8) is 0 Å². The van der Waals surface area contributed by atoms with Crippen LogP contribution in [0.15, 0.2) is 56.8 Å². The number of nitrogens with one attached hydrogen (secondary N) is 1. The Labute approximate surface area is 253 Å². The van der Waals surface area contributed by atoms with Gasteiger partial charge in [0.2, 0.25) is 0 Å². The van der Waals surface area contributed by atoms with Gasteiger partial charge >= 0.3 is 0 Å². The van der Waals surface area contributed by atoms with Crippen LogP contribution in [0.3, 0.4) is 0 Å². The Kier molecular flexibility index (Phi) is 9.13. The monoisotopic (exact) mass is 812 g/mol. The molecule has 1 aliphatic rings. The maximum atomic E-state index is 12.6. The second kappa shape index (κ2) is 11.7. The van der Waals surface area contributed by atoms with Gasteiger partial charge in [0.25, 0.3) is 5.91 Å².